The Morgan fingerprint density at radius 2 is 0.562 bits per heavy atom. The average Bonchev–Trinajstić information content (AvgIpc) is 3.12. The zero-order valence-electron chi connectivity index (χ0n) is 60.5. The molecule has 0 spiro atoms. The molecule has 0 radical (unpaired) electrons. The van der Waals surface area contributed by atoms with Crippen LogP contribution in [0.3, 0.4) is 0 Å². The van der Waals surface area contributed by atoms with E-state index in [1.165, 1.54) is 51.4 Å². The summed E-state index contributed by atoms with van der Waals surface area (Å²) in [5.41, 5.74) is 0. The molecule has 0 fully saturated rings. The lowest BCUT2D eigenvalue weighted by molar-refractivity contribution is -0.161. The van der Waals surface area contributed by atoms with Gasteiger partial charge in [0.1, 0.15) is 19.3 Å². The van der Waals surface area contributed by atoms with Gasteiger partial charge in [-0.15, -0.1) is 0 Å². The van der Waals surface area contributed by atoms with Gasteiger partial charge in [0.05, 0.1) is 26.4 Å². The fourth-order valence-corrected chi connectivity index (χ4v) is 11.6. The molecule has 0 aliphatic rings. The molecule has 556 valence electrons. The Morgan fingerprint density at radius 3 is 0.885 bits per heavy atom. The van der Waals surface area contributed by atoms with Crippen molar-refractivity contribution in [2.24, 2.45) is 0 Å². The van der Waals surface area contributed by atoms with Crippen LogP contribution in [0.5, 0.6) is 0 Å². The van der Waals surface area contributed by atoms with E-state index in [0.717, 1.165) is 193 Å². The largest absolute Gasteiger partial charge is 0.472 e. The molecule has 0 aromatic heterocycles. The Bertz CT molecular complexity index is 2160. The minimum absolute atomic E-state index is 0.0770. The summed E-state index contributed by atoms with van der Waals surface area (Å²) in [5, 5.41) is 10.6. The van der Waals surface area contributed by atoms with Gasteiger partial charge >= 0.3 is 39.5 Å². The van der Waals surface area contributed by atoms with E-state index in [4.69, 9.17) is 37.0 Å². The molecule has 0 heterocycles. The van der Waals surface area contributed by atoms with E-state index >= 15 is 0 Å². The summed E-state index contributed by atoms with van der Waals surface area (Å²) in [6.07, 6.45) is 70.0. The molecule has 0 aliphatic carbocycles. The van der Waals surface area contributed by atoms with Crippen LogP contribution in [-0.4, -0.2) is 96.7 Å². The van der Waals surface area contributed by atoms with Gasteiger partial charge < -0.3 is 33.8 Å². The summed E-state index contributed by atoms with van der Waals surface area (Å²) in [5.74, 6) is -2.20. The number of unbranched alkanes of at least 4 members (excludes halogenated alkanes) is 31. The van der Waals surface area contributed by atoms with E-state index in [1.54, 1.807) is 0 Å². The van der Waals surface area contributed by atoms with Crippen molar-refractivity contribution in [3.63, 3.8) is 0 Å². The molecule has 19 heteroatoms. The number of esters is 4. The normalized spacial score (nSPS) is 14.4. The second-order valence-corrected chi connectivity index (χ2v) is 28.1. The van der Waals surface area contributed by atoms with Crippen LogP contribution in [0.4, 0.5) is 0 Å². The maximum absolute atomic E-state index is 13.1. The lowest BCUT2D eigenvalue weighted by Crippen LogP contribution is -2.30. The highest BCUT2D eigenvalue weighted by Crippen LogP contribution is 2.45. The molecule has 5 atom stereocenters. The zero-order chi connectivity index (χ0) is 70.4. The standard InChI is InChI=1S/C77H136O17P2/c1-5-9-13-17-21-25-29-33-34-35-36-40-42-46-50-54-58-62-75(80)88-68-73(94-77(82)64-60-56-52-48-44-39-32-28-24-20-16-12-8-4)70-92-96(85,86)90-66-71(78)65-89-95(83,84)91-69-72(93-76(81)63-59-55-51-47-43-38-31-27-23-19-15-11-7-3)67-87-74(79)61-57-53-49-45-41-37-30-26-22-18-14-10-6-2/h9,13,16,20-21,25-28,30-34,71-73,78H,5-8,10-12,14-15,17-19,22-24,29,35-70H2,1-4H3,(H,83,84)(H,85,86)/b13-9-,20-16-,25-21-,30-26-,31-27-,32-28-,34-33-. The molecule has 17 nitrogen and oxygen atoms in total. The monoisotopic (exact) mass is 1390 g/mol. The van der Waals surface area contributed by atoms with Gasteiger partial charge in [0.15, 0.2) is 12.2 Å². The third-order valence-electron chi connectivity index (χ3n) is 15.8. The van der Waals surface area contributed by atoms with Crippen LogP contribution in [0, 0.1) is 0 Å². The Balaban J connectivity index is 5.34. The summed E-state index contributed by atoms with van der Waals surface area (Å²) < 4.78 is 68.4. The predicted molar refractivity (Wildman–Crippen MR) is 390 cm³/mol. The molecule has 0 saturated heterocycles. The van der Waals surface area contributed by atoms with E-state index in [9.17, 15) is 43.2 Å². The lowest BCUT2D eigenvalue weighted by Gasteiger charge is -2.21. The van der Waals surface area contributed by atoms with Crippen molar-refractivity contribution in [3.8, 4) is 0 Å². The summed E-state index contributed by atoms with van der Waals surface area (Å²) in [4.78, 5) is 72.8. The molecule has 0 aliphatic heterocycles. The van der Waals surface area contributed by atoms with Crippen molar-refractivity contribution in [2.75, 3.05) is 39.6 Å². The highest BCUT2D eigenvalue weighted by Gasteiger charge is 2.30. The van der Waals surface area contributed by atoms with Crippen LogP contribution < -0.4 is 0 Å². The molecule has 0 bridgehead atoms. The van der Waals surface area contributed by atoms with Gasteiger partial charge in [-0.05, 0) is 135 Å². The first-order chi connectivity index (χ1) is 46.7. The molecule has 0 aromatic carbocycles. The van der Waals surface area contributed by atoms with Crippen molar-refractivity contribution in [1.29, 1.82) is 0 Å². The number of carbonyl (C=O) groups is 4. The average molecular weight is 1400 g/mol. The molecular formula is C77H136O17P2. The Morgan fingerprint density at radius 1 is 0.302 bits per heavy atom. The Labute approximate surface area is 583 Å². The molecule has 5 unspecified atom stereocenters. The third kappa shape index (κ3) is 68.8. The van der Waals surface area contributed by atoms with Gasteiger partial charge in [0.25, 0.3) is 0 Å². The molecule has 96 heavy (non-hydrogen) atoms. The lowest BCUT2D eigenvalue weighted by atomic mass is 10.1. The van der Waals surface area contributed by atoms with Gasteiger partial charge in [-0.1, -0.05) is 248 Å². The van der Waals surface area contributed by atoms with E-state index in [0.29, 0.717) is 25.7 Å². The van der Waals surface area contributed by atoms with E-state index in [1.807, 2.05) is 0 Å². The fraction of sp³-hybridized carbons (Fsp3) is 0.766. The first kappa shape index (κ1) is 92.2. The zero-order valence-corrected chi connectivity index (χ0v) is 62.3. The second kappa shape index (κ2) is 69.7. The number of hydrogen-bond acceptors (Lipinski definition) is 15. The summed E-state index contributed by atoms with van der Waals surface area (Å²) in [6, 6.07) is 0. The number of carbonyl (C=O) groups excluding carboxylic acids is 4. The summed E-state index contributed by atoms with van der Waals surface area (Å²) >= 11 is 0. The second-order valence-electron chi connectivity index (χ2n) is 25.2. The molecule has 0 rings (SSSR count). The quantitative estimate of drug-likeness (QED) is 0.0169. The number of allylic oxidation sites excluding steroid dienone is 14. The van der Waals surface area contributed by atoms with E-state index in [2.05, 4.69) is 113 Å². The number of aliphatic hydroxyl groups is 1. The van der Waals surface area contributed by atoms with Gasteiger partial charge in [-0.3, -0.25) is 37.3 Å². The van der Waals surface area contributed by atoms with Crippen molar-refractivity contribution < 1.29 is 80.2 Å². The van der Waals surface area contributed by atoms with Crippen LogP contribution >= 0.6 is 15.6 Å². The Hall–Kier alpha value is -3.76. The van der Waals surface area contributed by atoms with Crippen molar-refractivity contribution in [2.45, 2.75) is 341 Å². The number of hydrogen-bond donors (Lipinski definition) is 3. The maximum Gasteiger partial charge on any atom is 0.472 e. The van der Waals surface area contributed by atoms with Crippen molar-refractivity contribution >= 4 is 39.5 Å². The number of phosphoric acid groups is 2. The highest BCUT2D eigenvalue weighted by atomic mass is 31.2. The van der Waals surface area contributed by atoms with Crippen LogP contribution in [0.1, 0.15) is 323 Å². The number of rotatable bonds is 71. The number of ether oxygens (including phenoxy) is 4. The van der Waals surface area contributed by atoms with Crippen LogP contribution in [0.2, 0.25) is 0 Å². The SMILES string of the molecule is CC/C=C\C/C=C\C/C=C\CCCCCCCCCC(=O)OCC(COP(=O)(O)OCC(O)COP(=O)(O)OCC(COC(=O)CCCCCCC/C=C\CCCCCC)OC(=O)CCCCCCC/C=C\CCCCCC)OC(=O)CCCCCCC/C=C\C/C=C\CCC. The van der Waals surface area contributed by atoms with Gasteiger partial charge in [0, 0.05) is 25.7 Å². The molecule has 0 saturated carbocycles. The third-order valence-corrected chi connectivity index (χ3v) is 17.7. The van der Waals surface area contributed by atoms with Gasteiger partial charge in [-0.2, -0.15) is 0 Å². The Kier molecular flexibility index (Phi) is 67.0. The first-order valence-corrected chi connectivity index (χ1v) is 40.8. The minimum atomic E-state index is -4.98. The smallest absolute Gasteiger partial charge is 0.462 e. The maximum atomic E-state index is 13.1. The molecule has 0 amide bonds. The predicted octanol–water partition coefficient (Wildman–Crippen LogP) is 21.4. The first-order valence-electron chi connectivity index (χ1n) is 37.8. The topological polar surface area (TPSA) is 237 Å². The molecule has 0 aromatic rings. The summed E-state index contributed by atoms with van der Waals surface area (Å²) in [7, 11) is -9.95. The molecule has 3 N–H and O–H groups in total. The fourth-order valence-electron chi connectivity index (χ4n) is 10.0. The number of aliphatic hydroxyl groups excluding tert-OH is 1. The number of phosphoric ester groups is 2. The highest BCUT2D eigenvalue weighted by molar-refractivity contribution is 7.47. The van der Waals surface area contributed by atoms with Crippen LogP contribution in [-0.2, 0) is 65.4 Å². The van der Waals surface area contributed by atoms with Crippen LogP contribution in [0.15, 0.2) is 85.1 Å². The van der Waals surface area contributed by atoms with E-state index < -0.39 is 97.5 Å². The minimum Gasteiger partial charge on any atom is -0.462 e. The van der Waals surface area contributed by atoms with Gasteiger partial charge in [0.2, 0.25) is 0 Å². The van der Waals surface area contributed by atoms with Crippen molar-refractivity contribution in [1.82, 2.24) is 0 Å². The molecular weight excluding hydrogens is 1260 g/mol. The van der Waals surface area contributed by atoms with Crippen LogP contribution in [0.25, 0.3) is 0 Å². The van der Waals surface area contributed by atoms with E-state index in [-0.39, 0.29) is 25.7 Å². The van der Waals surface area contributed by atoms with Gasteiger partial charge in [-0.25, -0.2) is 9.13 Å². The summed E-state index contributed by atoms with van der Waals surface area (Å²) in [6.45, 7) is 4.64. The van der Waals surface area contributed by atoms with Crippen molar-refractivity contribution in [3.05, 3.63) is 85.1 Å².